The lowest BCUT2D eigenvalue weighted by Gasteiger charge is -2.27. The summed E-state index contributed by atoms with van der Waals surface area (Å²) in [5, 5.41) is 13.5. The number of hydrogen-bond acceptors (Lipinski definition) is 3. The van der Waals surface area contributed by atoms with Crippen LogP contribution in [0.15, 0.2) is 24.3 Å². The van der Waals surface area contributed by atoms with Gasteiger partial charge in [-0.1, -0.05) is 18.2 Å². The van der Waals surface area contributed by atoms with Gasteiger partial charge >= 0.3 is 0 Å². The van der Waals surface area contributed by atoms with Gasteiger partial charge in [-0.25, -0.2) is 4.39 Å². The van der Waals surface area contributed by atoms with Gasteiger partial charge in [0.05, 0.1) is 11.7 Å². The van der Waals surface area contributed by atoms with Gasteiger partial charge in [0.15, 0.2) is 0 Å². The summed E-state index contributed by atoms with van der Waals surface area (Å²) in [6.07, 6.45) is 0. The molecule has 4 nitrogen and oxygen atoms in total. The highest BCUT2D eigenvalue weighted by atomic mass is 19.1. The van der Waals surface area contributed by atoms with Crippen molar-refractivity contribution in [2.45, 2.75) is 19.9 Å². The van der Waals surface area contributed by atoms with Crippen LogP contribution in [0.25, 0.3) is 0 Å². The van der Waals surface area contributed by atoms with Crippen molar-refractivity contribution in [1.29, 1.82) is 5.26 Å². The molecule has 1 aromatic heterocycles. The molecule has 0 bridgehead atoms. The van der Waals surface area contributed by atoms with Gasteiger partial charge in [-0.05, 0) is 19.9 Å². The number of benzene rings is 1. The number of nitrogens with zero attached hydrogens (tertiary/aromatic N) is 4. The quantitative estimate of drug-likeness (QED) is 0.863. The van der Waals surface area contributed by atoms with Crippen molar-refractivity contribution in [2.75, 3.05) is 11.9 Å². The number of aryl methyl sites for hydroxylation is 2. The predicted molar refractivity (Wildman–Crippen MR) is 75.9 cm³/mol. The van der Waals surface area contributed by atoms with Crippen LogP contribution in [0.1, 0.15) is 29.8 Å². The Kier molecular flexibility index (Phi) is 3.75. The van der Waals surface area contributed by atoms with Crippen molar-refractivity contribution < 1.29 is 4.39 Å². The van der Waals surface area contributed by atoms with E-state index in [4.69, 9.17) is 0 Å². The Hall–Kier alpha value is -2.35. The van der Waals surface area contributed by atoms with E-state index in [-0.39, 0.29) is 11.9 Å². The van der Waals surface area contributed by atoms with E-state index < -0.39 is 0 Å². The molecule has 1 atom stereocenters. The molecule has 1 unspecified atom stereocenters. The second kappa shape index (κ2) is 5.33. The number of halogens is 1. The summed E-state index contributed by atoms with van der Waals surface area (Å²) in [6.45, 7) is 3.70. The standard InChI is InChI=1S/C15H17FN4/c1-10-13(9-17)15(20(4)18-10)19(3)11(2)12-7-5-6-8-14(12)16/h5-8,11H,1-4H3. The highest BCUT2D eigenvalue weighted by Crippen LogP contribution is 2.30. The Bertz CT molecular complexity index is 669. The Labute approximate surface area is 118 Å². The smallest absolute Gasteiger partial charge is 0.145 e. The molecule has 0 radical (unpaired) electrons. The molecule has 0 fully saturated rings. The molecule has 0 aliphatic rings. The average Bonchev–Trinajstić information content (AvgIpc) is 2.71. The Morgan fingerprint density at radius 3 is 2.65 bits per heavy atom. The largest absolute Gasteiger partial charge is 0.352 e. The summed E-state index contributed by atoms with van der Waals surface area (Å²) in [5.74, 6) is 0.449. The first-order chi connectivity index (χ1) is 9.47. The number of nitriles is 1. The zero-order valence-corrected chi connectivity index (χ0v) is 12.1. The van der Waals surface area contributed by atoms with Gasteiger partial charge in [0.1, 0.15) is 23.3 Å². The van der Waals surface area contributed by atoms with Crippen LogP contribution >= 0.6 is 0 Å². The summed E-state index contributed by atoms with van der Waals surface area (Å²) in [7, 11) is 3.63. The van der Waals surface area contributed by atoms with Crippen molar-refractivity contribution in [3.05, 3.63) is 46.9 Å². The molecule has 1 aromatic carbocycles. The summed E-state index contributed by atoms with van der Waals surface area (Å²) >= 11 is 0. The van der Waals surface area contributed by atoms with Crippen molar-refractivity contribution in [3.63, 3.8) is 0 Å². The molecule has 20 heavy (non-hydrogen) atoms. The molecule has 0 aliphatic heterocycles. The number of hydrogen-bond donors (Lipinski definition) is 0. The fourth-order valence-corrected chi connectivity index (χ4v) is 2.39. The minimum absolute atomic E-state index is 0.196. The molecular weight excluding hydrogens is 255 g/mol. The zero-order chi connectivity index (χ0) is 14.9. The lowest BCUT2D eigenvalue weighted by atomic mass is 10.1. The van der Waals surface area contributed by atoms with Crippen LogP contribution in [-0.2, 0) is 7.05 Å². The monoisotopic (exact) mass is 272 g/mol. The Morgan fingerprint density at radius 1 is 1.40 bits per heavy atom. The first-order valence-corrected chi connectivity index (χ1v) is 6.38. The van der Waals surface area contributed by atoms with Crippen LogP contribution in [0, 0.1) is 24.1 Å². The molecule has 0 amide bonds. The lowest BCUT2D eigenvalue weighted by Crippen LogP contribution is -2.25. The minimum atomic E-state index is -0.246. The zero-order valence-electron chi connectivity index (χ0n) is 12.1. The summed E-state index contributed by atoms with van der Waals surface area (Å²) < 4.78 is 15.5. The number of rotatable bonds is 3. The second-order valence-corrected chi connectivity index (χ2v) is 4.83. The van der Waals surface area contributed by atoms with Crippen LogP contribution < -0.4 is 4.90 Å². The van der Waals surface area contributed by atoms with Crippen molar-refractivity contribution >= 4 is 5.82 Å². The maximum absolute atomic E-state index is 13.9. The van der Waals surface area contributed by atoms with Gasteiger partial charge in [-0.15, -0.1) is 0 Å². The number of aromatic nitrogens is 2. The third kappa shape index (κ3) is 2.25. The van der Waals surface area contributed by atoms with Crippen LogP contribution in [0.3, 0.4) is 0 Å². The van der Waals surface area contributed by atoms with Crippen LogP contribution in [0.2, 0.25) is 0 Å². The molecule has 0 spiro atoms. The van der Waals surface area contributed by atoms with Gasteiger partial charge in [-0.2, -0.15) is 10.4 Å². The van der Waals surface area contributed by atoms with Crippen molar-refractivity contribution in [1.82, 2.24) is 9.78 Å². The SMILES string of the molecule is Cc1nn(C)c(N(C)C(C)c2ccccc2F)c1C#N. The van der Waals surface area contributed by atoms with E-state index >= 15 is 0 Å². The molecule has 0 saturated heterocycles. The molecule has 0 aliphatic carbocycles. The first kappa shape index (κ1) is 14.1. The molecule has 2 rings (SSSR count). The second-order valence-electron chi connectivity index (χ2n) is 4.83. The topological polar surface area (TPSA) is 44.9 Å². The van der Waals surface area contributed by atoms with Crippen molar-refractivity contribution in [3.8, 4) is 6.07 Å². The van der Waals surface area contributed by atoms with E-state index in [9.17, 15) is 9.65 Å². The highest BCUT2D eigenvalue weighted by molar-refractivity contribution is 5.57. The fraction of sp³-hybridized carbons (Fsp3) is 0.333. The van der Waals surface area contributed by atoms with Gasteiger partial charge in [-0.3, -0.25) is 4.68 Å². The Balaban J connectivity index is 2.45. The molecule has 5 heteroatoms. The van der Waals surface area contributed by atoms with E-state index in [0.29, 0.717) is 22.6 Å². The third-order valence-electron chi connectivity index (χ3n) is 3.57. The fourth-order valence-electron chi connectivity index (χ4n) is 2.39. The van der Waals surface area contributed by atoms with Gasteiger partial charge in [0.2, 0.25) is 0 Å². The summed E-state index contributed by atoms with van der Waals surface area (Å²) in [6, 6.07) is 8.65. The molecule has 0 saturated carbocycles. The van der Waals surface area contributed by atoms with Gasteiger partial charge in [0.25, 0.3) is 0 Å². The van der Waals surface area contributed by atoms with Gasteiger partial charge < -0.3 is 4.90 Å². The maximum atomic E-state index is 13.9. The van der Waals surface area contributed by atoms with E-state index in [1.807, 2.05) is 24.9 Å². The van der Waals surface area contributed by atoms with E-state index in [2.05, 4.69) is 11.2 Å². The van der Waals surface area contributed by atoms with Crippen LogP contribution in [-0.4, -0.2) is 16.8 Å². The molecule has 104 valence electrons. The number of anilines is 1. The molecule has 0 N–H and O–H groups in total. The Morgan fingerprint density at radius 2 is 2.05 bits per heavy atom. The molecule has 2 aromatic rings. The summed E-state index contributed by atoms with van der Waals surface area (Å²) in [4.78, 5) is 1.87. The predicted octanol–water partition coefficient (Wildman–Crippen LogP) is 2.94. The minimum Gasteiger partial charge on any atom is -0.352 e. The van der Waals surface area contributed by atoms with Crippen LogP contribution in [0.4, 0.5) is 10.2 Å². The highest BCUT2D eigenvalue weighted by Gasteiger charge is 2.22. The average molecular weight is 272 g/mol. The first-order valence-electron chi connectivity index (χ1n) is 6.38. The molecular formula is C15H17FN4. The normalized spacial score (nSPS) is 12.0. The van der Waals surface area contributed by atoms with Gasteiger partial charge in [0, 0.05) is 19.7 Å². The van der Waals surface area contributed by atoms with E-state index in [0.717, 1.165) is 0 Å². The van der Waals surface area contributed by atoms with E-state index in [1.165, 1.54) is 6.07 Å². The molecule has 1 heterocycles. The maximum Gasteiger partial charge on any atom is 0.145 e. The van der Waals surface area contributed by atoms with Crippen LogP contribution in [0.5, 0.6) is 0 Å². The summed E-state index contributed by atoms with van der Waals surface area (Å²) in [5.41, 5.74) is 1.80. The third-order valence-corrected chi connectivity index (χ3v) is 3.57. The lowest BCUT2D eigenvalue weighted by molar-refractivity contribution is 0.579. The van der Waals surface area contributed by atoms with Crippen molar-refractivity contribution in [2.24, 2.45) is 7.05 Å². The van der Waals surface area contributed by atoms with E-state index in [1.54, 1.807) is 30.8 Å².